The third-order valence-corrected chi connectivity index (χ3v) is 7.08. The third kappa shape index (κ3) is 6.34. The van der Waals surface area contributed by atoms with Crippen LogP contribution >= 0.6 is 0 Å². The third-order valence-electron chi connectivity index (χ3n) is 7.08. The summed E-state index contributed by atoms with van der Waals surface area (Å²) in [5, 5.41) is 0. The average Bonchev–Trinajstić information content (AvgIpc) is 3.15. The summed E-state index contributed by atoms with van der Waals surface area (Å²) >= 11 is 0. The van der Waals surface area contributed by atoms with Crippen molar-refractivity contribution in [2.24, 2.45) is 0 Å². The van der Waals surface area contributed by atoms with Crippen LogP contribution in [0, 0.1) is 0 Å². The fourth-order valence-electron chi connectivity index (χ4n) is 5.02. The van der Waals surface area contributed by atoms with E-state index < -0.39 is 0 Å². The van der Waals surface area contributed by atoms with Gasteiger partial charge in [0.15, 0.2) is 0 Å². The zero-order valence-electron chi connectivity index (χ0n) is 22.0. The van der Waals surface area contributed by atoms with E-state index in [2.05, 4.69) is 76.2 Å². The summed E-state index contributed by atoms with van der Waals surface area (Å²) < 4.78 is 1.53. The van der Waals surface area contributed by atoms with Crippen molar-refractivity contribution < 1.29 is 4.70 Å². The molecule has 2 heteroatoms. The molecular formula is C32H44N2. The van der Waals surface area contributed by atoms with Crippen LogP contribution in [-0.4, -0.2) is 4.70 Å². The van der Waals surface area contributed by atoms with Crippen molar-refractivity contribution in [3.8, 4) is 0 Å². The van der Waals surface area contributed by atoms with Crippen LogP contribution in [-0.2, 0) is 12.8 Å². The molecule has 2 aromatic rings. The maximum absolute atomic E-state index is 11.7. The van der Waals surface area contributed by atoms with Crippen LogP contribution in [0.1, 0.15) is 114 Å². The van der Waals surface area contributed by atoms with Gasteiger partial charge in [-0.25, -0.2) is 4.70 Å². The Kier molecular flexibility index (Phi) is 10.3. The predicted molar refractivity (Wildman–Crippen MR) is 147 cm³/mol. The second-order valence-electron chi connectivity index (χ2n) is 9.73. The van der Waals surface area contributed by atoms with Crippen LogP contribution in [0.25, 0.3) is 16.9 Å². The van der Waals surface area contributed by atoms with E-state index in [0.29, 0.717) is 0 Å². The average molecular weight is 457 g/mol. The number of hydrogen-bond acceptors (Lipinski definition) is 0. The van der Waals surface area contributed by atoms with Gasteiger partial charge in [-0.1, -0.05) is 84.1 Å². The molecule has 3 rings (SSSR count). The first-order valence-corrected chi connectivity index (χ1v) is 13.8. The summed E-state index contributed by atoms with van der Waals surface area (Å²) in [5.74, 6) is 0. The minimum atomic E-state index is 0.996. The van der Waals surface area contributed by atoms with Gasteiger partial charge in [0, 0.05) is 22.3 Å². The summed E-state index contributed by atoms with van der Waals surface area (Å²) in [7, 11) is 0. The highest BCUT2D eigenvalue weighted by Gasteiger charge is 2.35. The van der Waals surface area contributed by atoms with E-state index in [-0.39, 0.29) is 0 Å². The predicted octanol–water partition coefficient (Wildman–Crippen LogP) is 9.92. The molecule has 0 aliphatic carbocycles. The fraction of sp³-hybridized carbons (Fsp3) is 0.500. The number of aryl methyl sites for hydroxylation is 2. The molecule has 1 aliphatic rings. The molecule has 34 heavy (non-hydrogen) atoms. The second kappa shape index (κ2) is 13.4. The Hall–Kier alpha value is -2.48. The Labute approximate surface area is 208 Å². The summed E-state index contributed by atoms with van der Waals surface area (Å²) in [6.45, 7) is 8.95. The molecule has 0 fully saturated rings. The first-order chi connectivity index (χ1) is 16.6. The van der Waals surface area contributed by atoms with Crippen LogP contribution < -0.4 is 0 Å². The van der Waals surface area contributed by atoms with Gasteiger partial charge in [-0.2, -0.15) is 0 Å². The zero-order valence-corrected chi connectivity index (χ0v) is 22.0. The van der Waals surface area contributed by atoms with Gasteiger partial charge in [0.2, 0.25) is 11.4 Å². The van der Waals surface area contributed by atoms with Crippen molar-refractivity contribution in [1.82, 2.24) is 0 Å². The Morgan fingerprint density at radius 3 is 1.85 bits per heavy atom. The van der Waals surface area contributed by atoms with Gasteiger partial charge in [-0.15, -0.1) is 0 Å². The molecule has 1 aliphatic heterocycles. The molecule has 0 saturated carbocycles. The van der Waals surface area contributed by atoms with E-state index in [0.717, 1.165) is 61.0 Å². The first-order valence-electron chi connectivity index (χ1n) is 13.8. The molecule has 2 nitrogen and oxygen atoms in total. The molecule has 2 aromatic carbocycles. The van der Waals surface area contributed by atoms with Crippen molar-refractivity contribution in [1.29, 1.82) is 0 Å². The summed E-state index contributed by atoms with van der Waals surface area (Å²) in [6, 6.07) is 17.7. The molecule has 1 heterocycles. The quantitative estimate of drug-likeness (QED) is 0.200. The highest BCUT2D eigenvalue weighted by Crippen LogP contribution is 2.44. The van der Waals surface area contributed by atoms with Gasteiger partial charge in [-0.05, 0) is 80.3 Å². The Bertz CT molecular complexity index is 1010. The van der Waals surface area contributed by atoms with E-state index in [9.17, 15) is 5.53 Å². The Morgan fingerprint density at radius 2 is 1.21 bits per heavy atom. The molecular weight excluding hydrogens is 412 g/mol. The molecule has 0 spiro atoms. The molecule has 0 bridgehead atoms. The van der Waals surface area contributed by atoms with Gasteiger partial charge in [0.05, 0.1) is 0 Å². The van der Waals surface area contributed by atoms with Crippen molar-refractivity contribution >= 4 is 11.4 Å². The molecule has 0 unspecified atom stereocenters. The Balaban J connectivity index is 2.08. The fourth-order valence-corrected chi connectivity index (χ4v) is 5.02. The first kappa shape index (κ1) is 26.1. The lowest BCUT2D eigenvalue weighted by Crippen LogP contribution is -2.03. The minimum Gasteiger partial charge on any atom is -0.493 e. The lowest BCUT2D eigenvalue weighted by molar-refractivity contribution is -0.345. The van der Waals surface area contributed by atoms with Gasteiger partial charge in [-0.3, -0.25) is 0 Å². The van der Waals surface area contributed by atoms with E-state index in [1.807, 2.05) is 0 Å². The molecule has 0 radical (unpaired) electrons. The molecule has 182 valence electrons. The number of rotatable bonds is 14. The highest BCUT2D eigenvalue weighted by atomic mass is 15.2. The molecule has 0 amide bonds. The monoisotopic (exact) mass is 456 g/mol. The van der Waals surface area contributed by atoms with Gasteiger partial charge >= 0.3 is 0 Å². The minimum absolute atomic E-state index is 0.996. The molecule has 0 saturated heterocycles. The topological polar surface area (TPSA) is 25.3 Å². The summed E-state index contributed by atoms with van der Waals surface area (Å²) in [5.41, 5.74) is 21.4. The van der Waals surface area contributed by atoms with E-state index >= 15 is 0 Å². The largest absolute Gasteiger partial charge is 0.493 e. The van der Waals surface area contributed by atoms with Crippen molar-refractivity contribution in [2.45, 2.75) is 105 Å². The normalized spacial score (nSPS) is 13.9. The smallest absolute Gasteiger partial charge is 0.211 e. The van der Waals surface area contributed by atoms with Crippen LogP contribution in [0.5, 0.6) is 0 Å². The number of nitrogens with zero attached hydrogens (tertiary/aromatic N) is 2. The molecule has 0 aromatic heterocycles. The summed E-state index contributed by atoms with van der Waals surface area (Å²) in [4.78, 5) is 0. The van der Waals surface area contributed by atoms with E-state index in [1.54, 1.807) is 0 Å². The Morgan fingerprint density at radius 1 is 0.588 bits per heavy atom. The van der Waals surface area contributed by atoms with Gasteiger partial charge in [0.1, 0.15) is 0 Å². The van der Waals surface area contributed by atoms with Gasteiger partial charge < -0.3 is 5.53 Å². The number of allylic oxidation sites excluding steroid dienone is 2. The molecule has 0 N–H and O–H groups in total. The maximum atomic E-state index is 11.7. The van der Waals surface area contributed by atoms with Crippen LogP contribution in [0.15, 0.2) is 59.7 Å². The van der Waals surface area contributed by atoms with Crippen LogP contribution in [0.3, 0.4) is 0 Å². The van der Waals surface area contributed by atoms with E-state index in [1.165, 1.54) is 65.5 Å². The van der Waals surface area contributed by atoms with Crippen molar-refractivity contribution in [3.63, 3.8) is 0 Å². The number of benzene rings is 2. The van der Waals surface area contributed by atoms with Gasteiger partial charge in [0.25, 0.3) is 0 Å². The lowest BCUT2D eigenvalue weighted by Gasteiger charge is -2.11. The van der Waals surface area contributed by atoms with Crippen molar-refractivity contribution in [3.05, 3.63) is 87.5 Å². The maximum Gasteiger partial charge on any atom is 0.211 e. The SMILES string of the molecule is CCCCCCC1=C(c2cccc(CCCC)c2)[N+](=[N-])C(c2ccc(CC)cc2)=C1CCCC. The zero-order chi connectivity index (χ0) is 24.3. The highest BCUT2D eigenvalue weighted by molar-refractivity contribution is 5.82. The van der Waals surface area contributed by atoms with Crippen LogP contribution in [0.4, 0.5) is 0 Å². The molecule has 0 atom stereocenters. The number of hydrogen-bond donors (Lipinski definition) is 0. The van der Waals surface area contributed by atoms with Crippen molar-refractivity contribution in [2.75, 3.05) is 0 Å². The van der Waals surface area contributed by atoms with E-state index in [4.69, 9.17) is 0 Å². The standard InChI is InChI=1S/C32H44N2/c1-5-9-12-13-19-30-29(18-11-7-3)31(27-22-20-25(8-4)21-23-27)34(33)32(30)28-17-14-16-26(24-28)15-10-6-2/h14,16-17,20-24H,5-13,15,18-19H2,1-4H3. The summed E-state index contributed by atoms with van der Waals surface area (Å²) in [6.07, 6.45) is 13.8. The van der Waals surface area contributed by atoms with Crippen LogP contribution in [0.2, 0.25) is 0 Å². The number of unbranched alkanes of at least 4 members (excludes halogenated alkanes) is 5. The second-order valence-corrected chi connectivity index (χ2v) is 9.73. The lowest BCUT2D eigenvalue weighted by atomic mass is 9.91.